The minimum Gasteiger partial charge on any atom is -0.392 e. The van der Waals surface area contributed by atoms with Gasteiger partial charge in [0.05, 0.1) is 6.10 Å². The maximum absolute atomic E-state index is 9.40. The van der Waals surface area contributed by atoms with Crippen LogP contribution in [0.2, 0.25) is 0 Å². The van der Waals surface area contributed by atoms with Crippen LogP contribution in [0.4, 0.5) is 0 Å². The summed E-state index contributed by atoms with van der Waals surface area (Å²) in [6, 6.07) is 0. The van der Waals surface area contributed by atoms with Gasteiger partial charge in [0.2, 0.25) is 0 Å². The van der Waals surface area contributed by atoms with Gasteiger partial charge < -0.3 is 10.0 Å². The van der Waals surface area contributed by atoms with Crippen molar-refractivity contribution in [3.05, 3.63) is 0 Å². The number of rotatable bonds is 5. The van der Waals surface area contributed by atoms with Crippen LogP contribution in [0.5, 0.6) is 0 Å². The van der Waals surface area contributed by atoms with Gasteiger partial charge in [0, 0.05) is 13.1 Å². The molecule has 0 radical (unpaired) electrons. The second-order valence-electron chi connectivity index (χ2n) is 5.62. The fourth-order valence-corrected chi connectivity index (χ4v) is 3.35. The highest BCUT2D eigenvalue weighted by molar-refractivity contribution is 7.80. The predicted molar refractivity (Wildman–Crippen MR) is 73.2 cm³/mol. The van der Waals surface area contributed by atoms with Gasteiger partial charge >= 0.3 is 0 Å². The average Bonchev–Trinajstić information content (AvgIpc) is 2.43. The topological polar surface area (TPSA) is 23.5 Å². The van der Waals surface area contributed by atoms with Crippen molar-refractivity contribution >= 4 is 12.6 Å². The number of likely N-dealkylation sites (N-methyl/N-ethyl adjacent to an activating group) is 1. The molecule has 0 aromatic rings. The third-order valence-electron chi connectivity index (χ3n) is 3.68. The molecule has 96 valence electrons. The molecule has 0 saturated heterocycles. The lowest BCUT2D eigenvalue weighted by atomic mass is 9.81. The predicted octanol–water partition coefficient (Wildman–Crippen LogP) is 2.57. The van der Waals surface area contributed by atoms with E-state index in [4.69, 9.17) is 0 Å². The zero-order valence-electron chi connectivity index (χ0n) is 10.8. The van der Waals surface area contributed by atoms with Gasteiger partial charge in [0.25, 0.3) is 0 Å². The van der Waals surface area contributed by atoms with Gasteiger partial charge in [-0.2, -0.15) is 12.6 Å². The van der Waals surface area contributed by atoms with Gasteiger partial charge in [-0.15, -0.1) is 0 Å². The second-order valence-corrected chi connectivity index (χ2v) is 5.93. The van der Waals surface area contributed by atoms with Crippen molar-refractivity contribution in [2.24, 2.45) is 5.41 Å². The molecule has 0 aromatic carbocycles. The smallest absolute Gasteiger partial charge is 0.0638 e. The normalized spacial score (nSPS) is 23.1. The third-order valence-corrected chi connectivity index (χ3v) is 4.35. The van der Waals surface area contributed by atoms with Crippen LogP contribution in [-0.4, -0.2) is 42.0 Å². The molecular weight excluding hydrogens is 218 g/mol. The van der Waals surface area contributed by atoms with Crippen LogP contribution in [-0.2, 0) is 0 Å². The lowest BCUT2D eigenvalue weighted by Gasteiger charge is -2.35. The SMILES string of the molecule is CC(O)CN(C)CC1(CS)CCCCCC1. The fraction of sp³-hybridized carbons (Fsp3) is 1.00. The summed E-state index contributed by atoms with van der Waals surface area (Å²) in [5, 5.41) is 9.40. The summed E-state index contributed by atoms with van der Waals surface area (Å²) in [7, 11) is 2.11. The molecule has 0 amide bonds. The van der Waals surface area contributed by atoms with Crippen molar-refractivity contribution in [1.82, 2.24) is 4.90 Å². The molecule has 0 aromatic heterocycles. The van der Waals surface area contributed by atoms with Crippen LogP contribution in [0.15, 0.2) is 0 Å². The fourth-order valence-electron chi connectivity index (χ4n) is 2.93. The monoisotopic (exact) mass is 245 g/mol. The first kappa shape index (κ1) is 14.3. The van der Waals surface area contributed by atoms with Crippen LogP contribution in [0.25, 0.3) is 0 Å². The summed E-state index contributed by atoms with van der Waals surface area (Å²) in [5.74, 6) is 0.983. The molecule has 1 N–H and O–H groups in total. The Labute approximate surface area is 106 Å². The van der Waals surface area contributed by atoms with Crippen LogP contribution in [0, 0.1) is 5.41 Å². The van der Waals surface area contributed by atoms with Gasteiger partial charge in [-0.1, -0.05) is 25.7 Å². The first-order chi connectivity index (χ1) is 7.58. The molecule has 3 heteroatoms. The maximum atomic E-state index is 9.40. The van der Waals surface area contributed by atoms with Crippen molar-refractivity contribution in [1.29, 1.82) is 0 Å². The van der Waals surface area contributed by atoms with Crippen LogP contribution < -0.4 is 0 Å². The lowest BCUT2D eigenvalue weighted by Crippen LogP contribution is -2.39. The molecule has 1 rings (SSSR count). The molecule has 0 bridgehead atoms. The zero-order chi connectivity index (χ0) is 12.0. The van der Waals surface area contributed by atoms with Gasteiger partial charge in [-0.3, -0.25) is 0 Å². The van der Waals surface area contributed by atoms with Crippen molar-refractivity contribution in [3.8, 4) is 0 Å². The van der Waals surface area contributed by atoms with E-state index in [1.165, 1.54) is 38.5 Å². The molecule has 16 heavy (non-hydrogen) atoms. The number of hydrogen-bond acceptors (Lipinski definition) is 3. The summed E-state index contributed by atoms with van der Waals surface area (Å²) in [6.45, 7) is 3.72. The van der Waals surface area contributed by atoms with Crippen molar-refractivity contribution in [2.45, 2.75) is 51.6 Å². The number of hydrogen-bond donors (Lipinski definition) is 2. The first-order valence-corrected chi connectivity index (χ1v) is 7.19. The minimum absolute atomic E-state index is 0.229. The van der Waals surface area contributed by atoms with E-state index >= 15 is 0 Å². The maximum Gasteiger partial charge on any atom is 0.0638 e. The van der Waals surface area contributed by atoms with Crippen LogP contribution in [0.3, 0.4) is 0 Å². The Morgan fingerprint density at radius 3 is 2.25 bits per heavy atom. The van der Waals surface area contributed by atoms with Crippen molar-refractivity contribution in [2.75, 3.05) is 25.9 Å². The van der Waals surface area contributed by atoms with Crippen molar-refractivity contribution < 1.29 is 5.11 Å². The summed E-state index contributed by atoms with van der Waals surface area (Å²) in [5.41, 5.74) is 0.392. The van der Waals surface area contributed by atoms with E-state index in [2.05, 4.69) is 24.6 Å². The van der Waals surface area contributed by atoms with E-state index in [-0.39, 0.29) is 6.10 Å². The Balaban J connectivity index is 2.50. The highest BCUT2D eigenvalue weighted by atomic mass is 32.1. The molecule has 1 atom stereocenters. The summed E-state index contributed by atoms with van der Waals surface area (Å²) >= 11 is 4.57. The lowest BCUT2D eigenvalue weighted by molar-refractivity contribution is 0.106. The van der Waals surface area contributed by atoms with Gasteiger partial charge in [0.1, 0.15) is 0 Å². The Morgan fingerprint density at radius 1 is 1.25 bits per heavy atom. The Kier molecular flexibility index (Phi) is 6.16. The third kappa shape index (κ3) is 4.64. The number of aliphatic hydroxyl groups is 1. The molecule has 2 nitrogen and oxygen atoms in total. The average molecular weight is 245 g/mol. The molecular formula is C13H27NOS. The number of nitrogens with zero attached hydrogens (tertiary/aromatic N) is 1. The van der Waals surface area contributed by atoms with E-state index in [9.17, 15) is 5.11 Å². The molecule has 1 fully saturated rings. The minimum atomic E-state index is -0.229. The molecule has 0 heterocycles. The van der Waals surface area contributed by atoms with E-state index < -0.39 is 0 Å². The first-order valence-electron chi connectivity index (χ1n) is 6.55. The van der Waals surface area contributed by atoms with Gasteiger partial charge in [-0.25, -0.2) is 0 Å². The van der Waals surface area contributed by atoms with Crippen LogP contribution >= 0.6 is 12.6 Å². The summed E-state index contributed by atoms with van der Waals surface area (Å²) < 4.78 is 0. The van der Waals surface area contributed by atoms with E-state index in [1.807, 2.05) is 6.92 Å². The molecule has 1 aliphatic rings. The molecule has 1 saturated carbocycles. The quantitative estimate of drug-likeness (QED) is 0.574. The van der Waals surface area contributed by atoms with E-state index in [0.717, 1.165) is 18.8 Å². The standard InChI is InChI=1S/C13H27NOS/c1-12(15)9-14(2)10-13(11-16)7-5-3-4-6-8-13/h12,15-16H,3-11H2,1-2H3. The van der Waals surface area contributed by atoms with Gasteiger partial charge in [-0.05, 0) is 38.0 Å². The highest BCUT2D eigenvalue weighted by Crippen LogP contribution is 2.36. The number of aliphatic hydroxyl groups excluding tert-OH is 1. The Morgan fingerprint density at radius 2 is 1.81 bits per heavy atom. The molecule has 1 unspecified atom stereocenters. The molecule has 0 aliphatic heterocycles. The molecule has 0 spiro atoms. The number of thiol groups is 1. The summed E-state index contributed by atoms with van der Waals surface area (Å²) in [4.78, 5) is 2.27. The summed E-state index contributed by atoms with van der Waals surface area (Å²) in [6.07, 6.45) is 7.85. The van der Waals surface area contributed by atoms with Crippen molar-refractivity contribution in [3.63, 3.8) is 0 Å². The second kappa shape index (κ2) is 6.87. The molecule has 1 aliphatic carbocycles. The Hall–Kier alpha value is 0.270. The largest absolute Gasteiger partial charge is 0.392 e. The van der Waals surface area contributed by atoms with E-state index in [1.54, 1.807) is 0 Å². The highest BCUT2D eigenvalue weighted by Gasteiger charge is 2.30. The van der Waals surface area contributed by atoms with Gasteiger partial charge in [0.15, 0.2) is 0 Å². The zero-order valence-corrected chi connectivity index (χ0v) is 11.7. The van der Waals surface area contributed by atoms with Crippen LogP contribution in [0.1, 0.15) is 45.4 Å². The Bertz CT molecular complexity index is 188. The van der Waals surface area contributed by atoms with E-state index in [0.29, 0.717) is 5.41 Å².